The molecule has 4 N–H and O–H groups in total. The van der Waals surface area contributed by atoms with Gasteiger partial charge in [-0.25, -0.2) is 13.1 Å². The van der Waals surface area contributed by atoms with E-state index in [1.54, 1.807) is 14.0 Å². The molecule has 0 aliphatic rings. The van der Waals surface area contributed by atoms with Gasteiger partial charge in [0.1, 0.15) is 4.90 Å². The second-order valence-corrected chi connectivity index (χ2v) is 5.14. The van der Waals surface area contributed by atoms with Crippen molar-refractivity contribution in [2.45, 2.75) is 24.3 Å². The summed E-state index contributed by atoms with van der Waals surface area (Å²) in [4.78, 5) is -0.0677. The summed E-state index contributed by atoms with van der Waals surface area (Å²) in [6.45, 7) is 1.52. The molecule has 0 saturated heterocycles. The Hall–Kier alpha value is -1.12. The number of aliphatic hydroxyl groups is 1. The lowest BCUT2D eigenvalue weighted by molar-refractivity contribution is 0.254. The highest BCUT2D eigenvalue weighted by molar-refractivity contribution is 7.89. The third-order valence-corrected chi connectivity index (χ3v) is 3.68. The molecule has 0 amide bonds. The van der Waals surface area contributed by atoms with Gasteiger partial charge in [0.05, 0.1) is 6.61 Å². The maximum Gasteiger partial charge on any atom is 0.246 e. The number of nitrogen functional groups attached to an aromatic ring is 1. The second-order valence-electron chi connectivity index (χ2n) is 3.46. The summed E-state index contributed by atoms with van der Waals surface area (Å²) in [7, 11) is -2.13. The monoisotopic (exact) mass is 248 g/mol. The number of rotatable bonds is 5. The van der Waals surface area contributed by atoms with Gasteiger partial charge in [0.15, 0.2) is 5.82 Å². The quantitative estimate of drug-likeness (QED) is 0.622. The summed E-state index contributed by atoms with van der Waals surface area (Å²) in [6, 6.07) is -0.510. The molecule has 0 bridgehead atoms. The number of hydrogen-bond donors (Lipinski definition) is 3. The van der Waals surface area contributed by atoms with Gasteiger partial charge in [-0.2, -0.15) is 5.10 Å². The zero-order valence-corrected chi connectivity index (χ0v) is 10.0. The molecule has 0 unspecified atom stereocenters. The Balaban J connectivity index is 2.98. The van der Waals surface area contributed by atoms with E-state index in [4.69, 9.17) is 10.8 Å². The van der Waals surface area contributed by atoms with Crippen LogP contribution in [0.15, 0.2) is 11.1 Å². The maximum absolute atomic E-state index is 11.8. The fourth-order valence-corrected chi connectivity index (χ4v) is 2.64. The summed E-state index contributed by atoms with van der Waals surface area (Å²) < 4.78 is 27.4. The van der Waals surface area contributed by atoms with Crippen molar-refractivity contribution >= 4 is 15.8 Å². The third kappa shape index (κ3) is 2.71. The SMILES string of the molecule is CC[C@@H](CO)NS(=O)(=O)c1cn(C)nc1N. The lowest BCUT2D eigenvalue weighted by Crippen LogP contribution is -2.37. The zero-order chi connectivity index (χ0) is 12.3. The van der Waals surface area contributed by atoms with Gasteiger partial charge in [-0.15, -0.1) is 0 Å². The number of anilines is 1. The first-order chi connectivity index (χ1) is 7.40. The first kappa shape index (κ1) is 12.9. The van der Waals surface area contributed by atoms with Crippen LogP contribution < -0.4 is 10.5 Å². The first-order valence-electron chi connectivity index (χ1n) is 4.83. The van der Waals surface area contributed by atoms with Crippen LogP contribution in [0.1, 0.15) is 13.3 Å². The first-order valence-corrected chi connectivity index (χ1v) is 6.31. The highest BCUT2D eigenvalue weighted by Gasteiger charge is 2.23. The number of aryl methyl sites for hydroxylation is 1. The van der Waals surface area contributed by atoms with Crippen LogP contribution in [0.25, 0.3) is 0 Å². The summed E-state index contributed by atoms with van der Waals surface area (Å²) in [5, 5.41) is 12.7. The molecule has 7 nitrogen and oxygen atoms in total. The fraction of sp³-hybridized carbons (Fsp3) is 0.625. The van der Waals surface area contributed by atoms with Crippen molar-refractivity contribution in [2.24, 2.45) is 7.05 Å². The Kier molecular flexibility index (Phi) is 3.89. The predicted octanol–water partition coefficient (Wildman–Crippen LogP) is -0.948. The Bertz CT molecular complexity index is 450. The van der Waals surface area contributed by atoms with Crippen molar-refractivity contribution in [3.63, 3.8) is 0 Å². The van der Waals surface area contributed by atoms with E-state index < -0.39 is 16.1 Å². The third-order valence-electron chi connectivity index (χ3n) is 2.15. The van der Waals surface area contributed by atoms with E-state index in [9.17, 15) is 8.42 Å². The smallest absolute Gasteiger partial charge is 0.246 e. The topological polar surface area (TPSA) is 110 Å². The van der Waals surface area contributed by atoms with Crippen LogP contribution in [0.2, 0.25) is 0 Å². The second kappa shape index (κ2) is 4.81. The number of aliphatic hydroxyl groups excluding tert-OH is 1. The van der Waals surface area contributed by atoms with Gasteiger partial charge >= 0.3 is 0 Å². The molecule has 1 rings (SSSR count). The van der Waals surface area contributed by atoms with Gasteiger partial charge in [0, 0.05) is 19.3 Å². The van der Waals surface area contributed by atoms with Crippen LogP contribution in [0, 0.1) is 0 Å². The average molecular weight is 248 g/mol. The van der Waals surface area contributed by atoms with Crippen molar-refractivity contribution < 1.29 is 13.5 Å². The molecule has 0 saturated carbocycles. The molecule has 92 valence electrons. The molecule has 0 spiro atoms. The van der Waals surface area contributed by atoms with E-state index in [1.807, 2.05) is 0 Å². The molecule has 0 aliphatic heterocycles. The van der Waals surface area contributed by atoms with Crippen LogP contribution in [-0.4, -0.2) is 36.0 Å². The van der Waals surface area contributed by atoms with E-state index in [-0.39, 0.29) is 17.3 Å². The minimum atomic E-state index is -3.71. The standard InChI is InChI=1S/C8H16N4O3S/c1-3-6(5-13)11-16(14,15)7-4-12(2)10-8(7)9/h4,6,11,13H,3,5H2,1-2H3,(H2,9,10)/t6-/m0/s1. The van der Waals surface area contributed by atoms with Crippen molar-refractivity contribution in [1.82, 2.24) is 14.5 Å². The molecule has 8 heteroatoms. The number of sulfonamides is 1. The van der Waals surface area contributed by atoms with Crippen LogP contribution >= 0.6 is 0 Å². The maximum atomic E-state index is 11.8. The Morgan fingerprint density at radius 1 is 1.69 bits per heavy atom. The van der Waals surface area contributed by atoms with E-state index in [1.165, 1.54) is 10.9 Å². The van der Waals surface area contributed by atoms with Gasteiger partial charge in [0.25, 0.3) is 0 Å². The molecule has 1 aromatic heterocycles. The van der Waals surface area contributed by atoms with Crippen LogP contribution in [-0.2, 0) is 17.1 Å². The van der Waals surface area contributed by atoms with Gasteiger partial charge in [0.2, 0.25) is 10.0 Å². The normalized spacial score (nSPS) is 13.9. The Labute approximate surface area is 94.3 Å². The van der Waals surface area contributed by atoms with Gasteiger partial charge in [-0.1, -0.05) is 6.92 Å². The van der Waals surface area contributed by atoms with Crippen LogP contribution in [0.4, 0.5) is 5.82 Å². The molecule has 0 aliphatic carbocycles. The molecule has 1 atom stereocenters. The van der Waals surface area contributed by atoms with Crippen molar-refractivity contribution in [2.75, 3.05) is 12.3 Å². The molecule has 1 heterocycles. The van der Waals surface area contributed by atoms with Gasteiger partial charge in [-0.05, 0) is 6.42 Å². The average Bonchev–Trinajstić information content (AvgIpc) is 2.55. The number of nitrogens with one attached hydrogen (secondary N) is 1. The number of nitrogens with zero attached hydrogens (tertiary/aromatic N) is 2. The Morgan fingerprint density at radius 3 is 2.69 bits per heavy atom. The largest absolute Gasteiger partial charge is 0.395 e. The molecule has 0 fully saturated rings. The van der Waals surface area contributed by atoms with E-state index in [2.05, 4.69) is 9.82 Å². The lowest BCUT2D eigenvalue weighted by atomic mass is 10.3. The molecule has 16 heavy (non-hydrogen) atoms. The lowest BCUT2D eigenvalue weighted by Gasteiger charge is -2.13. The molecule has 0 aromatic carbocycles. The summed E-state index contributed by atoms with van der Waals surface area (Å²) in [5.41, 5.74) is 5.47. The Morgan fingerprint density at radius 2 is 2.31 bits per heavy atom. The van der Waals surface area contributed by atoms with E-state index in [0.717, 1.165) is 0 Å². The highest BCUT2D eigenvalue weighted by atomic mass is 32.2. The highest BCUT2D eigenvalue weighted by Crippen LogP contribution is 2.15. The zero-order valence-electron chi connectivity index (χ0n) is 9.21. The van der Waals surface area contributed by atoms with E-state index >= 15 is 0 Å². The van der Waals surface area contributed by atoms with Crippen LogP contribution in [0.3, 0.4) is 0 Å². The molecule has 0 radical (unpaired) electrons. The predicted molar refractivity (Wildman–Crippen MR) is 59.1 cm³/mol. The van der Waals surface area contributed by atoms with Gasteiger partial charge < -0.3 is 10.8 Å². The number of hydrogen-bond acceptors (Lipinski definition) is 5. The number of nitrogens with two attached hydrogens (primary N) is 1. The van der Waals surface area contributed by atoms with Crippen molar-refractivity contribution in [3.05, 3.63) is 6.20 Å². The van der Waals surface area contributed by atoms with Gasteiger partial charge in [-0.3, -0.25) is 4.68 Å². The van der Waals surface area contributed by atoms with Crippen molar-refractivity contribution in [1.29, 1.82) is 0 Å². The fourth-order valence-electron chi connectivity index (χ4n) is 1.22. The van der Waals surface area contributed by atoms with E-state index in [0.29, 0.717) is 6.42 Å². The summed E-state index contributed by atoms with van der Waals surface area (Å²) >= 11 is 0. The number of aromatic nitrogens is 2. The summed E-state index contributed by atoms with van der Waals surface area (Å²) in [6.07, 6.45) is 1.82. The molecular formula is C8H16N4O3S. The molecular weight excluding hydrogens is 232 g/mol. The van der Waals surface area contributed by atoms with Crippen LogP contribution in [0.5, 0.6) is 0 Å². The van der Waals surface area contributed by atoms with Crippen molar-refractivity contribution in [3.8, 4) is 0 Å². The minimum Gasteiger partial charge on any atom is -0.395 e. The summed E-state index contributed by atoms with van der Waals surface area (Å²) in [5.74, 6) is -0.0530. The molecule has 1 aromatic rings. The minimum absolute atomic E-state index is 0.0530.